The molecule has 1 amide bonds. The van der Waals surface area contributed by atoms with Crippen molar-refractivity contribution in [3.8, 4) is 5.75 Å². The second kappa shape index (κ2) is 7.51. The van der Waals surface area contributed by atoms with Gasteiger partial charge in [-0.25, -0.2) is 4.79 Å². The number of hydrogen-bond acceptors (Lipinski definition) is 3. The number of amides is 1. The molecule has 5 heteroatoms. The van der Waals surface area contributed by atoms with Crippen LogP contribution in [-0.4, -0.2) is 30.9 Å². The molecule has 5 nitrogen and oxygen atoms in total. The Labute approximate surface area is 160 Å². The Kier molecular flexibility index (Phi) is 4.92. The van der Waals surface area contributed by atoms with Gasteiger partial charge in [-0.2, -0.15) is 0 Å². The van der Waals surface area contributed by atoms with Crippen molar-refractivity contribution in [2.75, 3.05) is 24.6 Å². The minimum absolute atomic E-state index is 0.199. The summed E-state index contributed by atoms with van der Waals surface area (Å²) < 4.78 is 5.80. The molecule has 1 aliphatic heterocycles. The first-order valence-electron chi connectivity index (χ1n) is 9.65. The van der Waals surface area contributed by atoms with Gasteiger partial charge in [0.25, 0.3) is 0 Å². The Hall–Kier alpha value is -2.69. The molecule has 1 aliphatic carbocycles. The maximum atomic E-state index is 10.8. The van der Waals surface area contributed by atoms with Gasteiger partial charge in [0.1, 0.15) is 5.75 Å². The lowest BCUT2D eigenvalue weighted by Gasteiger charge is -2.41. The van der Waals surface area contributed by atoms with E-state index in [1.807, 2.05) is 19.1 Å². The zero-order valence-corrected chi connectivity index (χ0v) is 15.6. The topological polar surface area (TPSA) is 61.8 Å². The highest BCUT2D eigenvalue weighted by Crippen LogP contribution is 2.33. The molecule has 1 atom stereocenters. The number of benzene rings is 2. The smallest absolute Gasteiger partial charge is 0.405 e. The third-order valence-corrected chi connectivity index (χ3v) is 5.51. The van der Waals surface area contributed by atoms with E-state index in [0.29, 0.717) is 5.92 Å². The molecule has 0 aromatic heterocycles. The van der Waals surface area contributed by atoms with E-state index in [4.69, 9.17) is 9.84 Å². The monoisotopic (exact) mass is 366 g/mol. The molecule has 2 fully saturated rings. The van der Waals surface area contributed by atoms with Crippen molar-refractivity contribution in [3.63, 3.8) is 0 Å². The largest absolute Gasteiger partial charge is 0.493 e. The first-order chi connectivity index (χ1) is 13.1. The summed E-state index contributed by atoms with van der Waals surface area (Å²) in [6.07, 6.45) is 1.62. The second-order valence-electron chi connectivity index (χ2n) is 7.69. The van der Waals surface area contributed by atoms with Gasteiger partial charge in [-0.3, -0.25) is 0 Å². The number of nitrogens with one attached hydrogen (secondary N) is 1. The maximum Gasteiger partial charge on any atom is 0.405 e. The number of nitrogens with zero attached hydrogens (tertiary/aromatic N) is 1. The number of ether oxygens (including phenoxy) is 1. The van der Waals surface area contributed by atoms with Gasteiger partial charge in [0, 0.05) is 24.7 Å². The van der Waals surface area contributed by atoms with E-state index in [1.165, 1.54) is 24.1 Å². The third-order valence-electron chi connectivity index (χ3n) is 5.51. The van der Waals surface area contributed by atoms with Crippen molar-refractivity contribution in [1.82, 2.24) is 5.32 Å². The summed E-state index contributed by atoms with van der Waals surface area (Å²) >= 11 is 0. The molecule has 1 unspecified atom stereocenters. The minimum atomic E-state index is -0.995. The zero-order valence-electron chi connectivity index (χ0n) is 15.6. The Morgan fingerprint density at radius 2 is 1.81 bits per heavy atom. The van der Waals surface area contributed by atoms with Gasteiger partial charge >= 0.3 is 6.09 Å². The summed E-state index contributed by atoms with van der Waals surface area (Å²) in [5.74, 6) is 2.25. The Morgan fingerprint density at radius 1 is 1.15 bits per heavy atom. The predicted octanol–water partition coefficient (Wildman–Crippen LogP) is 4.41. The summed E-state index contributed by atoms with van der Waals surface area (Å²) in [5.41, 5.74) is 3.53. The van der Waals surface area contributed by atoms with Gasteiger partial charge in [0.15, 0.2) is 0 Å². The van der Waals surface area contributed by atoms with Crippen LogP contribution in [-0.2, 0) is 0 Å². The maximum absolute atomic E-state index is 10.8. The first-order valence-corrected chi connectivity index (χ1v) is 9.65. The van der Waals surface area contributed by atoms with Gasteiger partial charge in [-0.1, -0.05) is 24.3 Å². The predicted molar refractivity (Wildman–Crippen MR) is 106 cm³/mol. The highest BCUT2D eigenvalue weighted by molar-refractivity contribution is 5.65. The van der Waals surface area contributed by atoms with Gasteiger partial charge in [-0.05, 0) is 61.1 Å². The fourth-order valence-electron chi connectivity index (χ4n) is 3.48. The summed E-state index contributed by atoms with van der Waals surface area (Å²) in [4.78, 5) is 13.1. The minimum Gasteiger partial charge on any atom is -0.493 e. The first kappa shape index (κ1) is 17.7. The van der Waals surface area contributed by atoms with E-state index >= 15 is 0 Å². The van der Waals surface area contributed by atoms with E-state index in [1.54, 1.807) is 0 Å². The fourth-order valence-corrected chi connectivity index (χ4v) is 3.48. The molecule has 27 heavy (non-hydrogen) atoms. The molecule has 0 radical (unpaired) electrons. The van der Waals surface area contributed by atoms with Crippen LogP contribution in [0.5, 0.6) is 5.75 Å². The van der Waals surface area contributed by atoms with Crippen molar-refractivity contribution in [1.29, 1.82) is 0 Å². The Balaban J connectivity index is 1.29. The third kappa shape index (κ3) is 4.35. The SMILES string of the molecule is CC(NC(=O)O)c1ccc(C2CN(c3ccc(OCC4CC4)cc3)C2)cc1. The average Bonchev–Trinajstić information content (AvgIpc) is 3.44. The van der Waals surface area contributed by atoms with Gasteiger partial charge in [-0.15, -0.1) is 0 Å². The van der Waals surface area contributed by atoms with Gasteiger partial charge in [0.2, 0.25) is 0 Å². The number of carboxylic acid groups (broad SMARTS) is 1. The van der Waals surface area contributed by atoms with Crippen LogP contribution in [0.15, 0.2) is 48.5 Å². The zero-order chi connectivity index (χ0) is 18.8. The molecule has 2 N–H and O–H groups in total. The van der Waals surface area contributed by atoms with E-state index < -0.39 is 6.09 Å². The van der Waals surface area contributed by atoms with Crippen LogP contribution in [0.1, 0.15) is 42.9 Å². The fraction of sp³-hybridized carbons (Fsp3) is 0.409. The highest BCUT2D eigenvalue weighted by Gasteiger charge is 2.28. The average molecular weight is 366 g/mol. The molecule has 142 valence electrons. The van der Waals surface area contributed by atoms with Crippen molar-refractivity contribution >= 4 is 11.8 Å². The van der Waals surface area contributed by atoms with Crippen LogP contribution in [0.4, 0.5) is 10.5 Å². The van der Waals surface area contributed by atoms with Crippen LogP contribution in [0.3, 0.4) is 0 Å². The van der Waals surface area contributed by atoms with Crippen LogP contribution in [0.25, 0.3) is 0 Å². The lowest BCUT2D eigenvalue weighted by molar-refractivity contribution is 0.191. The number of anilines is 1. The number of hydrogen-bond donors (Lipinski definition) is 2. The molecule has 1 saturated heterocycles. The molecule has 0 bridgehead atoms. The molecular formula is C22H26N2O3. The molecule has 2 aliphatic rings. The van der Waals surface area contributed by atoms with Crippen LogP contribution < -0.4 is 15.0 Å². The summed E-state index contributed by atoms with van der Waals surface area (Å²) in [7, 11) is 0. The standard InChI is InChI=1S/C22H26N2O3/c1-15(23-22(25)26)17-4-6-18(7-5-17)19-12-24(13-19)20-8-10-21(11-9-20)27-14-16-2-3-16/h4-11,15-16,19,23H,2-3,12-14H2,1H3,(H,25,26). The lowest BCUT2D eigenvalue weighted by Crippen LogP contribution is -2.45. The quantitative estimate of drug-likeness (QED) is 0.762. The van der Waals surface area contributed by atoms with Gasteiger partial charge in [0.05, 0.1) is 12.6 Å². The molecule has 2 aromatic carbocycles. The van der Waals surface area contributed by atoms with Gasteiger partial charge < -0.3 is 20.1 Å². The van der Waals surface area contributed by atoms with Crippen molar-refractivity contribution < 1.29 is 14.6 Å². The van der Waals surface area contributed by atoms with Crippen LogP contribution in [0, 0.1) is 5.92 Å². The molecular weight excluding hydrogens is 340 g/mol. The van der Waals surface area contributed by atoms with E-state index in [0.717, 1.165) is 36.9 Å². The molecule has 2 aromatic rings. The Morgan fingerprint density at radius 3 is 2.41 bits per heavy atom. The van der Waals surface area contributed by atoms with E-state index in [2.05, 4.69) is 46.6 Å². The molecule has 4 rings (SSSR count). The van der Waals surface area contributed by atoms with Crippen LogP contribution in [0.2, 0.25) is 0 Å². The highest BCUT2D eigenvalue weighted by atomic mass is 16.5. The molecule has 1 saturated carbocycles. The second-order valence-corrected chi connectivity index (χ2v) is 7.69. The van der Waals surface area contributed by atoms with E-state index in [9.17, 15) is 4.79 Å². The number of carbonyl (C=O) groups is 1. The van der Waals surface area contributed by atoms with E-state index in [-0.39, 0.29) is 6.04 Å². The van der Waals surface area contributed by atoms with Crippen molar-refractivity contribution in [3.05, 3.63) is 59.7 Å². The molecule has 0 spiro atoms. The normalized spacial score (nSPS) is 17.9. The lowest BCUT2D eigenvalue weighted by atomic mass is 9.90. The van der Waals surface area contributed by atoms with Crippen molar-refractivity contribution in [2.24, 2.45) is 5.92 Å². The molecule has 1 heterocycles. The summed E-state index contributed by atoms with van der Waals surface area (Å²) in [6.45, 7) is 4.71. The summed E-state index contributed by atoms with van der Waals surface area (Å²) in [6, 6.07) is 16.5. The van der Waals surface area contributed by atoms with Crippen molar-refractivity contribution in [2.45, 2.75) is 31.7 Å². The van der Waals surface area contributed by atoms with Crippen LogP contribution >= 0.6 is 0 Å². The summed E-state index contributed by atoms with van der Waals surface area (Å²) in [5, 5.41) is 11.3. The number of rotatable bonds is 7. The Bertz CT molecular complexity index is 778.